The van der Waals surface area contributed by atoms with E-state index < -0.39 is 5.97 Å². The number of amides is 1. The Bertz CT molecular complexity index is 550. The third-order valence-corrected chi connectivity index (χ3v) is 4.76. The Labute approximate surface area is 133 Å². The predicted molar refractivity (Wildman–Crippen MR) is 83.7 cm³/mol. The number of aliphatic carboxylic acids is 1. The second-order valence-electron chi connectivity index (χ2n) is 5.35. The van der Waals surface area contributed by atoms with Gasteiger partial charge in [0.05, 0.1) is 6.04 Å². The summed E-state index contributed by atoms with van der Waals surface area (Å²) in [4.78, 5) is 23.8. The SMILES string of the molecule is CC(CC(=O)O)CC(=O)NC1CCSc2ccc(Cl)cc21. The zero-order valence-electron chi connectivity index (χ0n) is 11.8. The van der Waals surface area contributed by atoms with Gasteiger partial charge in [-0.3, -0.25) is 9.59 Å². The van der Waals surface area contributed by atoms with Crippen LogP contribution in [0.2, 0.25) is 5.02 Å². The van der Waals surface area contributed by atoms with Gasteiger partial charge in [-0.25, -0.2) is 0 Å². The number of carbonyl (C=O) groups excluding carboxylic acids is 1. The van der Waals surface area contributed by atoms with E-state index in [1.165, 1.54) is 0 Å². The minimum atomic E-state index is -0.874. The van der Waals surface area contributed by atoms with Crippen molar-refractivity contribution in [2.75, 3.05) is 5.75 Å². The van der Waals surface area contributed by atoms with E-state index in [2.05, 4.69) is 5.32 Å². The Morgan fingerprint density at radius 3 is 2.95 bits per heavy atom. The van der Waals surface area contributed by atoms with Crippen molar-refractivity contribution in [1.29, 1.82) is 0 Å². The standard InChI is InChI=1S/C15H18ClNO3S/c1-9(7-15(19)20)6-14(18)17-12-4-5-21-13-3-2-10(16)8-11(12)13/h2-3,8-9,12H,4-7H2,1H3,(H,17,18)(H,19,20). The summed E-state index contributed by atoms with van der Waals surface area (Å²) in [5, 5.41) is 12.4. The number of benzene rings is 1. The number of carboxylic acids is 1. The summed E-state index contributed by atoms with van der Waals surface area (Å²) in [5.41, 5.74) is 1.05. The molecule has 1 heterocycles. The summed E-state index contributed by atoms with van der Waals surface area (Å²) in [6.07, 6.45) is 1.10. The first kappa shape index (κ1) is 16.2. The Morgan fingerprint density at radius 1 is 1.48 bits per heavy atom. The van der Waals surface area contributed by atoms with Crippen LogP contribution in [0.4, 0.5) is 0 Å². The van der Waals surface area contributed by atoms with Crippen LogP contribution >= 0.6 is 23.4 Å². The number of nitrogens with one attached hydrogen (secondary N) is 1. The van der Waals surface area contributed by atoms with Crippen molar-refractivity contribution in [2.45, 2.75) is 37.1 Å². The Kier molecular flexibility index (Phi) is 5.53. The molecule has 1 amide bonds. The van der Waals surface area contributed by atoms with Crippen LogP contribution in [0.25, 0.3) is 0 Å². The van der Waals surface area contributed by atoms with Crippen LogP contribution in [0.15, 0.2) is 23.1 Å². The maximum Gasteiger partial charge on any atom is 0.303 e. The highest BCUT2D eigenvalue weighted by Crippen LogP contribution is 2.37. The molecule has 1 aromatic carbocycles. The maximum atomic E-state index is 12.1. The fourth-order valence-corrected chi connectivity index (χ4v) is 3.74. The van der Waals surface area contributed by atoms with Gasteiger partial charge in [0.15, 0.2) is 0 Å². The molecular formula is C15H18ClNO3S. The van der Waals surface area contributed by atoms with Crippen molar-refractivity contribution in [1.82, 2.24) is 5.32 Å². The Hall–Kier alpha value is -1.20. The zero-order chi connectivity index (χ0) is 15.4. The van der Waals surface area contributed by atoms with Gasteiger partial charge in [-0.15, -0.1) is 11.8 Å². The molecule has 2 atom stereocenters. The highest BCUT2D eigenvalue weighted by atomic mass is 35.5. The third kappa shape index (κ3) is 4.64. The lowest BCUT2D eigenvalue weighted by molar-refractivity contribution is -0.138. The fraction of sp³-hybridized carbons (Fsp3) is 0.467. The minimum absolute atomic E-state index is 0.0103. The topological polar surface area (TPSA) is 66.4 Å². The van der Waals surface area contributed by atoms with E-state index in [0.29, 0.717) is 5.02 Å². The molecule has 1 aliphatic heterocycles. The lowest BCUT2D eigenvalue weighted by Crippen LogP contribution is -2.31. The average Bonchev–Trinajstić information content (AvgIpc) is 2.38. The smallest absolute Gasteiger partial charge is 0.303 e. The second-order valence-corrected chi connectivity index (χ2v) is 6.92. The molecule has 21 heavy (non-hydrogen) atoms. The first-order chi connectivity index (χ1) is 9.95. The van der Waals surface area contributed by atoms with E-state index in [4.69, 9.17) is 16.7 Å². The zero-order valence-corrected chi connectivity index (χ0v) is 13.3. The van der Waals surface area contributed by atoms with Crippen molar-refractivity contribution < 1.29 is 14.7 Å². The van der Waals surface area contributed by atoms with E-state index in [9.17, 15) is 9.59 Å². The second kappa shape index (κ2) is 7.18. The molecule has 2 unspecified atom stereocenters. The van der Waals surface area contributed by atoms with E-state index in [-0.39, 0.29) is 30.7 Å². The lowest BCUT2D eigenvalue weighted by atomic mass is 10.0. The minimum Gasteiger partial charge on any atom is -0.481 e. The van der Waals surface area contributed by atoms with Gasteiger partial charge < -0.3 is 10.4 Å². The Morgan fingerprint density at radius 2 is 2.24 bits per heavy atom. The van der Waals surface area contributed by atoms with E-state index >= 15 is 0 Å². The Balaban J connectivity index is 1.99. The fourth-order valence-electron chi connectivity index (χ4n) is 2.46. The van der Waals surface area contributed by atoms with E-state index in [0.717, 1.165) is 22.6 Å². The van der Waals surface area contributed by atoms with Crippen LogP contribution in [0.3, 0.4) is 0 Å². The normalized spacial score (nSPS) is 18.7. The number of hydrogen-bond donors (Lipinski definition) is 2. The van der Waals surface area contributed by atoms with Gasteiger partial charge in [0.25, 0.3) is 0 Å². The molecule has 0 aromatic heterocycles. The van der Waals surface area contributed by atoms with Crippen molar-refractivity contribution in [3.8, 4) is 0 Å². The molecule has 0 radical (unpaired) electrons. The lowest BCUT2D eigenvalue weighted by Gasteiger charge is -2.26. The van der Waals surface area contributed by atoms with Gasteiger partial charge in [-0.2, -0.15) is 0 Å². The summed E-state index contributed by atoms with van der Waals surface area (Å²) < 4.78 is 0. The number of thioether (sulfide) groups is 1. The molecule has 1 aliphatic rings. The molecule has 0 spiro atoms. The van der Waals surface area contributed by atoms with E-state index in [1.807, 2.05) is 18.2 Å². The van der Waals surface area contributed by atoms with Crippen molar-refractivity contribution in [3.63, 3.8) is 0 Å². The first-order valence-corrected chi connectivity index (χ1v) is 8.25. The maximum absolute atomic E-state index is 12.1. The molecule has 2 N–H and O–H groups in total. The first-order valence-electron chi connectivity index (χ1n) is 6.89. The monoisotopic (exact) mass is 327 g/mol. The average molecular weight is 328 g/mol. The molecule has 0 saturated heterocycles. The number of hydrogen-bond acceptors (Lipinski definition) is 3. The molecule has 6 heteroatoms. The molecule has 0 bridgehead atoms. The van der Waals surface area contributed by atoms with Crippen molar-refractivity contribution in [3.05, 3.63) is 28.8 Å². The summed E-state index contributed by atoms with van der Waals surface area (Å²) in [5.74, 6) is -0.197. The number of fused-ring (bicyclic) bond motifs is 1. The van der Waals surface area contributed by atoms with Gasteiger partial charge in [-0.05, 0) is 36.1 Å². The molecule has 0 aliphatic carbocycles. The number of carboxylic acid groups (broad SMARTS) is 1. The molecule has 4 nitrogen and oxygen atoms in total. The van der Waals surface area contributed by atoms with Crippen LogP contribution < -0.4 is 5.32 Å². The summed E-state index contributed by atoms with van der Waals surface area (Å²) >= 11 is 7.80. The molecule has 0 saturated carbocycles. The van der Waals surface area contributed by atoms with Crippen molar-refractivity contribution >= 4 is 35.2 Å². The molecular weight excluding hydrogens is 310 g/mol. The van der Waals surface area contributed by atoms with Gasteiger partial charge in [-0.1, -0.05) is 18.5 Å². The van der Waals surface area contributed by atoms with Gasteiger partial charge in [0.2, 0.25) is 5.91 Å². The van der Waals surface area contributed by atoms with Crippen LogP contribution in [0, 0.1) is 5.92 Å². The predicted octanol–water partition coefficient (Wildman–Crippen LogP) is 3.49. The largest absolute Gasteiger partial charge is 0.481 e. The van der Waals surface area contributed by atoms with Crippen LogP contribution in [0.1, 0.15) is 37.8 Å². The van der Waals surface area contributed by atoms with Crippen LogP contribution in [-0.4, -0.2) is 22.7 Å². The van der Waals surface area contributed by atoms with Crippen LogP contribution in [-0.2, 0) is 9.59 Å². The van der Waals surface area contributed by atoms with Gasteiger partial charge in [0.1, 0.15) is 0 Å². The molecule has 1 aromatic rings. The van der Waals surface area contributed by atoms with Crippen molar-refractivity contribution in [2.24, 2.45) is 5.92 Å². The van der Waals surface area contributed by atoms with Gasteiger partial charge in [0, 0.05) is 28.5 Å². The third-order valence-electron chi connectivity index (χ3n) is 3.40. The van der Waals surface area contributed by atoms with Crippen LogP contribution in [0.5, 0.6) is 0 Å². The number of rotatable bonds is 5. The number of halogens is 1. The van der Waals surface area contributed by atoms with Gasteiger partial charge >= 0.3 is 5.97 Å². The van der Waals surface area contributed by atoms with E-state index in [1.54, 1.807) is 18.7 Å². The number of carbonyl (C=O) groups is 2. The summed E-state index contributed by atoms with van der Waals surface area (Å²) in [6.45, 7) is 1.77. The molecule has 114 valence electrons. The quantitative estimate of drug-likeness (QED) is 0.868. The molecule has 2 rings (SSSR count). The highest BCUT2D eigenvalue weighted by molar-refractivity contribution is 7.99. The molecule has 0 fully saturated rings. The summed E-state index contributed by atoms with van der Waals surface area (Å²) in [6, 6.07) is 5.69. The highest BCUT2D eigenvalue weighted by Gasteiger charge is 2.23. The summed E-state index contributed by atoms with van der Waals surface area (Å²) in [7, 11) is 0.